The number of nitrogens with one attached hydrogen (secondary N) is 1. The van der Waals surface area contributed by atoms with Crippen molar-refractivity contribution < 1.29 is 4.79 Å². The summed E-state index contributed by atoms with van der Waals surface area (Å²) in [6, 6.07) is 11.9. The van der Waals surface area contributed by atoms with Crippen LogP contribution in [-0.4, -0.2) is 30.3 Å². The smallest absolute Gasteiger partial charge is 0.253 e. The fourth-order valence-electron chi connectivity index (χ4n) is 4.10. The lowest BCUT2D eigenvalue weighted by molar-refractivity contribution is 0.0936. The van der Waals surface area contributed by atoms with Crippen LogP contribution < -0.4 is 5.32 Å². The molecule has 5 heterocycles. The van der Waals surface area contributed by atoms with Crippen LogP contribution in [0.1, 0.15) is 53.0 Å². The quantitative estimate of drug-likeness (QED) is 0.585. The van der Waals surface area contributed by atoms with Gasteiger partial charge in [-0.3, -0.25) is 14.5 Å². The first-order valence-corrected chi connectivity index (χ1v) is 10.0. The highest BCUT2D eigenvalue weighted by molar-refractivity contribution is 5.95. The number of hydrogen-bond donors (Lipinski definition) is 1. The maximum absolute atomic E-state index is 12.8. The molecule has 0 radical (unpaired) electrons. The Bertz CT molecular complexity index is 1200. The van der Waals surface area contributed by atoms with E-state index in [0.717, 1.165) is 41.1 Å². The number of hydrogen-bond acceptors (Lipinski definition) is 4. The van der Waals surface area contributed by atoms with Gasteiger partial charge in [0.25, 0.3) is 5.91 Å². The van der Waals surface area contributed by atoms with E-state index < -0.39 is 0 Å². The van der Waals surface area contributed by atoms with E-state index >= 15 is 0 Å². The normalized spacial score (nSPS) is 18.1. The van der Waals surface area contributed by atoms with Crippen LogP contribution in [0.3, 0.4) is 0 Å². The van der Waals surface area contributed by atoms with Crippen LogP contribution >= 0.6 is 0 Å². The standard InChI is InChI=1S/C22H20N6O/c29-22(16-10-17-2-1-7-24-28(17)13-16)25-18-6-9-27-21(18)12-20(26-27)15-5-8-23-19(11-15)14-3-4-14/h1-2,5,7-8,10-14,18H,3-4,6,9H2,(H,25,29). The summed E-state index contributed by atoms with van der Waals surface area (Å²) in [5.41, 5.74) is 5.78. The first-order valence-electron chi connectivity index (χ1n) is 10.0. The largest absolute Gasteiger partial charge is 0.344 e. The molecule has 1 saturated carbocycles. The summed E-state index contributed by atoms with van der Waals surface area (Å²) < 4.78 is 3.72. The molecule has 4 aromatic rings. The minimum Gasteiger partial charge on any atom is -0.344 e. The third-order valence-corrected chi connectivity index (χ3v) is 5.81. The van der Waals surface area contributed by atoms with Gasteiger partial charge in [0.1, 0.15) is 0 Å². The van der Waals surface area contributed by atoms with Crippen LogP contribution in [0.5, 0.6) is 0 Å². The maximum atomic E-state index is 12.8. The molecule has 1 aliphatic carbocycles. The first kappa shape index (κ1) is 16.5. The Morgan fingerprint density at radius 1 is 1.10 bits per heavy atom. The number of nitrogens with zero attached hydrogens (tertiary/aromatic N) is 5. The van der Waals surface area contributed by atoms with Gasteiger partial charge in [0.15, 0.2) is 0 Å². The number of carbonyl (C=O) groups excluding carboxylic acids is 1. The van der Waals surface area contributed by atoms with E-state index in [1.165, 1.54) is 12.8 Å². The molecule has 0 bridgehead atoms. The average molecular weight is 384 g/mol. The van der Waals surface area contributed by atoms with Crippen molar-refractivity contribution in [2.75, 3.05) is 0 Å². The predicted molar refractivity (Wildman–Crippen MR) is 107 cm³/mol. The molecule has 2 aliphatic rings. The van der Waals surface area contributed by atoms with E-state index in [9.17, 15) is 4.79 Å². The minimum atomic E-state index is -0.0865. The van der Waals surface area contributed by atoms with Crippen molar-refractivity contribution in [2.24, 2.45) is 0 Å². The van der Waals surface area contributed by atoms with Gasteiger partial charge in [0.2, 0.25) is 0 Å². The van der Waals surface area contributed by atoms with Gasteiger partial charge in [-0.1, -0.05) is 0 Å². The van der Waals surface area contributed by atoms with Crippen molar-refractivity contribution in [1.29, 1.82) is 0 Å². The van der Waals surface area contributed by atoms with E-state index in [0.29, 0.717) is 11.5 Å². The second kappa shape index (κ2) is 6.27. The number of amides is 1. The number of pyridine rings is 1. The number of fused-ring (bicyclic) bond motifs is 2. The Kier molecular flexibility index (Phi) is 3.56. The number of aromatic nitrogens is 5. The molecule has 1 aliphatic heterocycles. The summed E-state index contributed by atoms with van der Waals surface area (Å²) in [5, 5.41) is 12.2. The Labute approximate surface area is 167 Å². The van der Waals surface area contributed by atoms with Crippen molar-refractivity contribution in [3.05, 3.63) is 71.9 Å². The SMILES string of the molecule is O=C(NC1CCn2nc(-c3ccnc(C4CC4)c3)cc21)c1cc2cccnn2c1. The Hall–Kier alpha value is -3.48. The zero-order valence-electron chi connectivity index (χ0n) is 15.8. The van der Waals surface area contributed by atoms with Crippen LogP contribution in [0.4, 0.5) is 0 Å². The Morgan fingerprint density at radius 3 is 2.90 bits per heavy atom. The molecular formula is C22H20N6O. The van der Waals surface area contributed by atoms with Gasteiger partial charge in [-0.15, -0.1) is 0 Å². The van der Waals surface area contributed by atoms with Crippen molar-refractivity contribution in [1.82, 2.24) is 29.7 Å². The molecule has 1 unspecified atom stereocenters. The molecule has 0 saturated heterocycles. The third kappa shape index (κ3) is 2.90. The van der Waals surface area contributed by atoms with E-state index in [1.54, 1.807) is 16.9 Å². The number of aryl methyl sites for hydroxylation is 1. The lowest BCUT2D eigenvalue weighted by Crippen LogP contribution is -2.26. The molecule has 1 atom stereocenters. The van der Waals surface area contributed by atoms with E-state index in [4.69, 9.17) is 5.10 Å². The number of carbonyl (C=O) groups is 1. The number of rotatable bonds is 4. The maximum Gasteiger partial charge on any atom is 0.253 e. The Morgan fingerprint density at radius 2 is 2.03 bits per heavy atom. The van der Waals surface area contributed by atoms with Crippen molar-refractivity contribution >= 4 is 11.4 Å². The summed E-state index contributed by atoms with van der Waals surface area (Å²) >= 11 is 0. The minimum absolute atomic E-state index is 0.0375. The van der Waals surface area contributed by atoms with Crippen LogP contribution in [0.25, 0.3) is 16.8 Å². The molecule has 1 fully saturated rings. The summed E-state index contributed by atoms with van der Waals surface area (Å²) in [7, 11) is 0. The van der Waals surface area contributed by atoms with Gasteiger partial charge < -0.3 is 5.32 Å². The molecule has 1 N–H and O–H groups in total. The highest BCUT2D eigenvalue weighted by Gasteiger charge is 2.28. The first-order chi connectivity index (χ1) is 14.2. The van der Waals surface area contributed by atoms with Gasteiger partial charge in [-0.05, 0) is 55.7 Å². The highest BCUT2D eigenvalue weighted by Crippen LogP contribution is 2.40. The zero-order chi connectivity index (χ0) is 19.4. The zero-order valence-corrected chi connectivity index (χ0v) is 15.8. The van der Waals surface area contributed by atoms with Gasteiger partial charge in [-0.2, -0.15) is 10.2 Å². The van der Waals surface area contributed by atoms with Crippen molar-refractivity contribution in [3.63, 3.8) is 0 Å². The lowest BCUT2D eigenvalue weighted by atomic mass is 10.1. The van der Waals surface area contributed by atoms with Crippen LogP contribution in [0.2, 0.25) is 0 Å². The molecule has 4 aromatic heterocycles. The average Bonchev–Trinajstić information content (AvgIpc) is 3.20. The molecule has 6 rings (SSSR count). The summed E-state index contributed by atoms with van der Waals surface area (Å²) in [6.45, 7) is 0.806. The second-order valence-electron chi connectivity index (χ2n) is 7.86. The second-order valence-corrected chi connectivity index (χ2v) is 7.86. The van der Waals surface area contributed by atoms with Crippen molar-refractivity contribution in [3.8, 4) is 11.3 Å². The Balaban J connectivity index is 1.25. The molecule has 144 valence electrons. The molecule has 29 heavy (non-hydrogen) atoms. The highest BCUT2D eigenvalue weighted by atomic mass is 16.1. The van der Waals surface area contributed by atoms with Gasteiger partial charge in [0.05, 0.1) is 28.5 Å². The molecule has 1 amide bonds. The summed E-state index contributed by atoms with van der Waals surface area (Å²) in [6.07, 6.45) is 8.66. The van der Waals surface area contributed by atoms with Crippen molar-refractivity contribution in [2.45, 2.75) is 37.8 Å². The summed E-state index contributed by atoms with van der Waals surface area (Å²) in [4.78, 5) is 17.3. The lowest BCUT2D eigenvalue weighted by Gasteiger charge is -2.10. The van der Waals surface area contributed by atoms with E-state index in [-0.39, 0.29) is 11.9 Å². The van der Waals surface area contributed by atoms with Crippen LogP contribution in [0, 0.1) is 0 Å². The van der Waals surface area contributed by atoms with E-state index in [1.807, 2.05) is 35.1 Å². The van der Waals surface area contributed by atoms with Crippen LogP contribution in [0.15, 0.2) is 55.0 Å². The molecule has 7 heteroatoms. The fourth-order valence-corrected chi connectivity index (χ4v) is 4.10. The van der Waals surface area contributed by atoms with Gasteiger partial charge >= 0.3 is 0 Å². The van der Waals surface area contributed by atoms with Crippen LogP contribution in [-0.2, 0) is 6.54 Å². The molecule has 7 nitrogen and oxygen atoms in total. The monoisotopic (exact) mass is 384 g/mol. The van der Waals surface area contributed by atoms with Gasteiger partial charge in [-0.25, -0.2) is 4.52 Å². The fraction of sp³-hybridized carbons (Fsp3) is 0.273. The summed E-state index contributed by atoms with van der Waals surface area (Å²) in [5.74, 6) is 0.528. The third-order valence-electron chi connectivity index (χ3n) is 5.81. The predicted octanol–water partition coefficient (Wildman–Crippen LogP) is 3.35. The molecule has 0 spiro atoms. The topological polar surface area (TPSA) is 77.1 Å². The van der Waals surface area contributed by atoms with Gasteiger partial charge in [0, 0.05) is 42.3 Å². The molecule has 0 aromatic carbocycles. The molecular weight excluding hydrogens is 364 g/mol. The van der Waals surface area contributed by atoms with E-state index in [2.05, 4.69) is 27.5 Å².